The van der Waals surface area contributed by atoms with Crippen LogP contribution in [0.2, 0.25) is 0 Å². The van der Waals surface area contributed by atoms with Crippen LogP contribution in [-0.4, -0.2) is 78.9 Å². The maximum Gasteiger partial charge on any atom is 0.227 e. The summed E-state index contributed by atoms with van der Waals surface area (Å²) in [6, 6.07) is 19.0. The fourth-order valence-corrected chi connectivity index (χ4v) is 6.49. The van der Waals surface area contributed by atoms with E-state index in [1.807, 2.05) is 17.0 Å². The van der Waals surface area contributed by atoms with E-state index in [4.69, 9.17) is 0 Å². The predicted octanol–water partition coefficient (Wildman–Crippen LogP) is 6.10. The number of rotatable bonds is 9. The van der Waals surface area contributed by atoms with E-state index >= 15 is 0 Å². The first-order valence-electron chi connectivity index (χ1n) is 16.4. The number of hydrogen-bond acceptors (Lipinski definition) is 4. The minimum atomic E-state index is 0.184. The van der Waals surface area contributed by atoms with Gasteiger partial charge in [0.2, 0.25) is 11.8 Å². The number of carbonyl (C=O) groups is 2. The number of para-hydroxylation sites is 1. The van der Waals surface area contributed by atoms with Crippen LogP contribution in [0.1, 0.15) is 70.9 Å². The first-order valence-corrected chi connectivity index (χ1v) is 16.4. The number of benzene rings is 2. The minimum absolute atomic E-state index is 0.184. The zero-order valence-corrected chi connectivity index (χ0v) is 26.6. The van der Waals surface area contributed by atoms with Crippen molar-refractivity contribution in [2.45, 2.75) is 72.8 Å². The number of piperidine rings is 1. The van der Waals surface area contributed by atoms with E-state index in [0.717, 1.165) is 82.7 Å². The normalized spacial score (nSPS) is 18.2. The molecule has 4 rings (SSSR count). The molecule has 2 aliphatic heterocycles. The molecule has 0 aromatic heterocycles. The van der Waals surface area contributed by atoms with Gasteiger partial charge in [-0.1, -0.05) is 76.2 Å². The van der Waals surface area contributed by atoms with Crippen molar-refractivity contribution in [1.29, 1.82) is 0 Å². The van der Waals surface area contributed by atoms with E-state index < -0.39 is 0 Å². The Morgan fingerprint density at radius 2 is 1.48 bits per heavy atom. The molecule has 2 aliphatic rings. The highest BCUT2D eigenvalue weighted by Gasteiger charge is 2.27. The molecule has 0 aliphatic carbocycles. The van der Waals surface area contributed by atoms with Gasteiger partial charge in [0.1, 0.15) is 0 Å². The van der Waals surface area contributed by atoms with E-state index in [-0.39, 0.29) is 11.8 Å². The largest absolute Gasteiger partial charge is 0.337 e. The van der Waals surface area contributed by atoms with Gasteiger partial charge in [0, 0.05) is 57.8 Å². The standard InChI is InChI=1S/C36H54N4O2/c1-29(2)25-36(42)40-19-10-18-38(27-30(3)4)23-24-39(28-33-13-8-9-14-34(33)40)35(41)26-32-16-21-37(22-17-32)20-15-31-11-6-5-7-12-31/h5-9,11-14,29-30,32H,10,15-28H2,1-4H3. The lowest BCUT2D eigenvalue weighted by atomic mass is 9.92. The van der Waals surface area contributed by atoms with Gasteiger partial charge in [0.25, 0.3) is 0 Å². The van der Waals surface area contributed by atoms with E-state index in [1.165, 1.54) is 5.56 Å². The summed E-state index contributed by atoms with van der Waals surface area (Å²) in [6.07, 6.45) is 5.35. The Kier molecular flexibility index (Phi) is 12.4. The molecule has 6 nitrogen and oxygen atoms in total. The van der Waals surface area contributed by atoms with Crippen LogP contribution in [0, 0.1) is 17.8 Å². The first-order chi connectivity index (χ1) is 20.3. The van der Waals surface area contributed by atoms with Crippen LogP contribution < -0.4 is 4.90 Å². The Balaban J connectivity index is 1.43. The van der Waals surface area contributed by atoms with Gasteiger partial charge in [0.15, 0.2) is 0 Å². The molecule has 0 saturated carbocycles. The van der Waals surface area contributed by atoms with Gasteiger partial charge in [-0.3, -0.25) is 9.59 Å². The van der Waals surface area contributed by atoms with Crippen LogP contribution in [0.4, 0.5) is 5.69 Å². The molecule has 2 heterocycles. The summed E-state index contributed by atoms with van der Waals surface area (Å²) in [5.41, 5.74) is 3.45. The number of anilines is 1. The molecule has 0 bridgehead atoms. The lowest BCUT2D eigenvalue weighted by Crippen LogP contribution is -2.41. The maximum absolute atomic E-state index is 13.9. The zero-order chi connectivity index (χ0) is 29.9. The number of nitrogens with zero attached hydrogens (tertiary/aromatic N) is 4. The fraction of sp³-hybridized carbons (Fsp3) is 0.611. The van der Waals surface area contributed by atoms with Crippen LogP contribution in [0.3, 0.4) is 0 Å². The Bertz CT molecular complexity index is 1110. The van der Waals surface area contributed by atoms with E-state index in [2.05, 4.69) is 84.9 Å². The fourth-order valence-electron chi connectivity index (χ4n) is 6.49. The third-order valence-electron chi connectivity index (χ3n) is 8.78. The molecule has 0 radical (unpaired) electrons. The van der Waals surface area contributed by atoms with Gasteiger partial charge in [-0.15, -0.1) is 0 Å². The zero-order valence-electron chi connectivity index (χ0n) is 26.6. The average molecular weight is 575 g/mol. The summed E-state index contributed by atoms with van der Waals surface area (Å²) in [4.78, 5) is 36.5. The monoisotopic (exact) mass is 574 g/mol. The Labute approximate surface area is 255 Å². The minimum Gasteiger partial charge on any atom is -0.337 e. The SMILES string of the molecule is CC(C)CC(=O)N1CCCN(CC(C)C)CCN(C(=O)CC2CCN(CCc3ccccc3)CC2)Cc2ccccc21. The van der Waals surface area contributed by atoms with E-state index in [0.29, 0.717) is 43.7 Å². The summed E-state index contributed by atoms with van der Waals surface area (Å²) in [5.74, 6) is 1.75. The maximum atomic E-state index is 13.9. The van der Waals surface area contributed by atoms with Crippen molar-refractivity contribution in [3.8, 4) is 0 Å². The van der Waals surface area contributed by atoms with Gasteiger partial charge in [0.05, 0.1) is 0 Å². The topological polar surface area (TPSA) is 47.1 Å². The van der Waals surface area contributed by atoms with Crippen LogP contribution in [0.25, 0.3) is 0 Å². The Morgan fingerprint density at radius 1 is 0.762 bits per heavy atom. The molecule has 0 unspecified atom stereocenters. The van der Waals surface area contributed by atoms with Crippen molar-refractivity contribution < 1.29 is 9.59 Å². The van der Waals surface area contributed by atoms with Crippen LogP contribution in [0.15, 0.2) is 54.6 Å². The van der Waals surface area contributed by atoms with E-state index in [9.17, 15) is 9.59 Å². The Hall–Kier alpha value is -2.70. The van der Waals surface area contributed by atoms with Crippen LogP contribution in [-0.2, 0) is 22.6 Å². The molecule has 6 heteroatoms. The third kappa shape index (κ3) is 9.95. The second kappa shape index (κ2) is 16.2. The van der Waals surface area contributed by atoms with E-state index in [1.54, 1.807) is 0 Å². The van der Waals surface area contributed by atoms with Crippen LogP contribution >= 0.6 is 0 Å². The molecule has 230 valence electrons. The lowest BCUT2D eigenvalue weighted by Gasteiger charge is -2.34. The third-order valence-corrected chi connectivity index (χ3v) is 8.78. The lowest BCUT2D eigenvalue weighted by molar-refractivity contribution is -0.133. The number of fused-ring (bicyclic) bond motifs is 1. The molecular formula is C36H54N4O2. The summed E-state index contributed by atoms with van der Waals surface area (Å²) in [5, 5.41) is 0. The molecular weight excluding hydrogens is 520 g/mol. The molecule has 1 fully saturated rings. The molecule has 2 amide bonds. The molecule has 2 aromatic rings. The smallest absolute Gasteiger partial charge is 0.227 e. The number of carbonyl (C=O) groups excluding carboxylic acids is 2. The van der Waals surface area contributed by atoms with Crippen molar-refractivity contribution in [2.75, 3.05) is 57.3 Å². The summed E-state index contributed by atoms with van der Waals surface area (Å²) in [7, 11) is 0. The number of hydrogen-bond donors (Lipinski definition) is 0. The predicted molar refractivity (Wildman–Crippen MR) is 173 cm³/mol. The van der Waals surface area contributed by atoms with Crippen molar-refractivity contribution in [3.05, 3.63) is 65.7 Å². The van der Waals surface area contributed by atoms with Gasteiger partial charge in [-0.2, -0.15) is 0 Å². The Morgan fingerprint density at radius 3 is 2.19 bits per heavy atom. The molecule has 1 saturated heterocycles. The van der Waals surface area contributed by atoms with Crippen molar-refractivity contribution in [1.82, 2.24) is 14.7 Å². The molecule has 0 atom stereocenters. The summed E-state index contributed by atoms with van der Waals surface area (Å²) < 4.78 is 0. The van der Waals surface area contributed by atoms with Gasteiger partial charge in [-0.05, 0) is 80.3 Å². The quantitative estimate of drug-likeness (QED) is 0.363. The highest BCUT2D eigenvalue weighted by atomic mass is 16.2. The highest BCUT2D eigenvalue weighted by Crippen LogP contribution is 2.27. The van der Waals surface area contributed by atoms with Gasteiger partial charge >= 0.3 is 0 Å². The second-order valence-electron chi connectivity index (χ2n) is 13.4. The second-order valence-corrected chi connectivity index (χ2v) is 13.4. The van der Waals surface area contributed by atoms with Gasteiger partial charge < -0.3 is 19.6 Å². The number of likely N-dealkylation sites (tertiary alicyclic amines) is 1. The first kappa shape index (κ1) is 32.2. The van der Waals surface area contributed by atoms with Crippen molar-refractivity contribution in [2.24, 2.45) is 17.8 Å². The molecule has 0 spiro atoms. The average Bonchev–Trinajstić information content (AvgIpc) is 3.00. The summed E-state index contributed by atoms with van der Waals surface area (Å²) >= 11 is 0. The van der Waals surface area contributed by atoms with Crippen molar-refractivity contribution in [3.63, 3.8) is 0 Å². The summed E-state index contributed by atoms with van der Waals surface area (Å²) in [6.45, 7) is 16.8. The van der Waals surface area contributed by atoms with Crippen LogP contribution in [0.5, 0.6) is 0 Å². The van der Waals surface area contributed by atoms with Gasteiger partial charge in [-0.25, -0.2) is 0 Å². The number of amides is 2. The highest BCUT2D eigenvalue weighted by molar-refractivity contribution is 5.94. The molecule has 42 heavy (non-hydrogen) atoms. The molecule has 2 aromatic carbocycles. The molecule has 0 N–H and O–H groups in total. The van der Waals surface area contributed by atoms with Crippen molar-refractivity contribution >= 4 is 17.5 Å².